The molecular weight excluding hydrogens is 398 g/mol. The maximum absolute atomic E-state index is 13.1. The molecule has 4 rings (SSSR count). The Bertz CT molecular complexity index is 1220. The van der Waals surface area contributed by atoms with Gasteiger partial charge in [-0.2, -0.15) is 0 Å². The molecule has 0 aliphatic carbocycles. The van der Waals surface area contributed by atoms with Crippen molar-refractivity contribution >= 4 is 28.2 Å². The molecule has 1 amide bonds. The second-order valence-electron chi connectivity index (χ2n) is 9.43. The van der Waals surface area contributed by atoms with Crippen molar-refractivity contribution in [3.63, 3.8) is 0 Å². The van der Waals surface area contributed by atoms with Crippen LogP contribution in [0.2, 0.25) is 0 Å². The molecule has 4 heteroatoms. The molecule has 0 bridgehead atoms. The lowest BCUT2D eigenvalue weighted by molar-refractivity contribution is -0.139. The highest BCUT2D eigenvalue weighted by molar-refractivity contribution is 6.46. The number of carbonyl (C=O) groups is 2. The number of benzene rings is 3. The van der Waals surface area contributed by atoms with Gasteiger partial charge in [0.15, 0.2) is 0 Å². The summed E-state index contributed by atoms with van der Waals surface area (Å²) in [4.78, 5) is 27.5. The van der Waals surface area contributed by atoms with E-state index >= 15 is 0 Å². The SMILES string of the molecule is CCCN1C(=O)C(=O)/C(=C(\O)c2ccc3ccccc3c2)C1c1ccc(C(C)(C)C)cc1. The van der Waals surface area contributed by atoms with Crippen molar-refractivity contribution in [1.29, 1.82) is 0 Å². The fraction of sp³-hybridized carbons (Fsp3) is 0.286. The molecular formula is C28H29NO3. The number of aliphatic hydroxyl groups excluding tert-OH is 1. The Balaban J connectivity index is 1.86. The van der Waals surface area contributed by atoms with Crippen molar-refractivity contribution < 1.29 is 14.7 Å². The Morgan fingerprint density at radius 2 is 1.59 bits per heavy atom. The number of hydrogen-bond acceptors (Lipinski definition) is 3. The van der Waals surface area contributed by atoms with Gasteiger partial charge in [0, 0.05) is 12.1 Å². The fourth-order valence-electron chi connectivity index (χ4n) is 4.36. The van der Waals surface area contributed by atoms with Crippen LogP contribution in [0.1, 0.15) is 56.8 Å². The van der Waals surface area contributed by atoms with Crippen LogP contribution in [0.5, 0.6) is 0 Å². The van der Waals surface area contributed by atoms with Gasteiger partial charge in [0.2, 0.25) is 0 Å². The highest BCUT2D eigenvalue weighted by Gasteiger charge is 2.45. The maximum Gasteiger partial charge on any atom is 0.295 e. The van der Waals surface area contributed by atoms with Crippen LogP contribution in [-0.4, -0.2) is 28.2 Å². The number of aliphatic hydroxyl groups is 1. The molecule has 0 spiro atoms. The largest absolute Gasteiger partial charge is 0.507 e. The number of Topliss-reactive ketones (excluding diaryl/α,β-unsaturated/α-hetero) is 1. The minimum Gasteiger partial charge on any atom is -0.507 e. The summed E-state index contributed by atoms with van der Waals surface area (Å²) < 4.78 is 0. The smallest absolute Gasteiger partial charge is 0.295 e. The summed E-state index contributed by atoms with van der Waals surface area (Å²) in [6.07, 6.45) is 0.722. The van der Waals surface area contributed by atoms with E-state index in [1.54, 1.807) is 11.0 Å². The van der Waals surface area contributed by atoms with Gasteiger partial charge in [-0.1, -0.05) is 88.4 Å². The van der Waals surface area contributed by atoms with Crippen molar-refractivity contribution in [1.82, 2.24) is 4.90 Å². The van der Waals surface area contributed by atoms with Crippen molar-refractivity contribution in [2.24, 2.45) is 0 Å². The number of likely N-dealkylation sites (tertiary alicyclic amines) is 1. The van der Waals surface area contributed by atoms with Crippen LogP contribution in [-0.2, 0) is 15.0 Å². The van der Waals surface area contributed by atoms with Crippen molar-refractivity contribution in [2.45, 2.75) is 45.6 Å². The molecule has 0 aromatic heterocycles. The number of ketones is 1. The maximum atomic E-state index is 13.1. The molecule has 1 aliphatic heterocycles. The standard InChI is InChI=1S/C28H29NO3/c1-5-16-29-24(19-12-14-22(15-13-19)28(2,3)4)23(26(31)27(29)32)25(30)21-11-10-18-8-6-7-9-20(18)17-21/h6-15,17,24,30H,5,16H2,1-4H3/b25-23-. The van der Waals surface area contributed by atoms with Gasteiger partial charge in [-0.3, -0.25) is 9.59 Å². The van der Waals surface area contributed by atoms with Crippen molar-refractivity contribution in [2.75, 3.05) is 6.54 Å². The lowest BCUT2D eigenvalue weighted by Crippen LogP contribution is -2.30. The van der Waals surface area contributed by atoms with E-state index in [4.69, 9.17) is 0 Å². The van der Waals surface area contributed by atoms with E-state index in [0.717, 1.165) is 22.8 Å². The number of carbonyl (C=O) groups excluding carboxylic acids is 2. The third-order valence-corrected chi connectivity index (χ3v) is 6.12. The molecule has 0 saturated carbocycles. The minimum atomic E-state index is -0.631. The number of nitrogens with zero attached hydrogens (tertiary/aromatic N) is 1. The van der Waals surface area contributed by atoms with Gasteiger partial charge >= 0.3 is 0 Å². The Kier molecular flexibility index (Phi) is 5.64. The predicted molar refractivity (Wildman–Crippen MR) is 128 cm³/mol. The summed E-state index contributed by atoms with van der Waals surface area (Å²) in [6, 6.07) is 20.8. The van der Waals surface area contributed by atoms with Gasteiger partial charge in [-0.05, 0) is 39.8 Å². The average molecular weight is 428 g/mol. The number of rotatable bonds is 4. The molecule has 1 fully saturated rings. The predicted octanol–water partition coefficient (Wildman–Crippen LogP) is 5.97. The zero-order valence-corrected chi connectivity index (χ0v) is 19.1. The first-order valence-electron chi connectivity index (χ1n) is 11.1. The van der Waals surface area contributed by atoms with Crippen LogP contribution in [0, 0.1) is 0 Å². The van der Waals surface area contributed by atoms with Crippen LogP contribution in [0.4, 0.5) is 0 Å². The molecule has 1 heterocycles. The van der Waals surface area contributed by atoms with Crippen LogP contribution in [0.15, 0.2) is 72.3 Å². The molecule has 164 valence electrons. The Morgan fingerprint density at radius 3 is 2.22 bits per heavy atom. The Hall–Kier alpha value is -3.40. The van der Waals surface area contributed by atoms with E-state index < -0.39 is 17.7 Å². The second-order valence-corrected chi connectivity index (χ2v) is 9.43. The molecule has 4 nitrogen and oxygen atoms in total. The van der Waals surface area contributed by atoms with E-state index in [2.05, 4.69) is 20.8 Å². The fourth-order valence-corrected chi connectivity index (χ4v) is 4.36. The molecule has 3 aromatic rings. The lowest BCUT2D eigenvalue weighted by Gasteiger charge is -2.26. The van der Waals surface area contributed by atoms with Gasteiger partial charge in [0.1, 0.15) is 5.76 Å². The molecule has 1 N–H and O–H groups in total. The third-order valence-electron chi connectivity index (χ3n) is 6.12. The topological polar surface area (TPSA) is 57.6 Å². The van der Waals surface area contributed by atoms with Gasteiger partial charge in [-0.15, -0.1) is 0 Å². The van der Waals surface area contributed by atoms with E-state index in [-0.39, 0.29) is 16.7 Å². The second kappa shape index (κ2) is 8.27. The molecule has 1 aliphatic rings. The van der Waals surface area contributed by atoms with Crippen LogP contribution in [0.25, 0.3) is 16.5 Å². The normalized spacial score (nSPS) is 18.5. The molecule has 1 atom stereocenters. The minimum absolute atomic E-state index is 0.00511. The third kappa shape index (κ3) is 3.81. The number of amides is 1. The van der Waals surface area contributed by atoms with E-state index in [0.29, 0.717) is 12.1 Å². The summed E-state index contributed by atoms with van der Waals surface area (Å²) in [7, 11) is 0. The van der Waals surface area contributed by atoms with E-state index in [1.807, 2.05) is 67.6 Å². The van der Waals surface area contributed by atoms with Gasteiger partial charge in [-0.25, -0.2) is 0 Å². The molecule has 1 saturated heterocycles. The first-order valence-corrected chi connectivity index (χ1v) is 11.1. The highest BCUT2D eigenvalue weighted by atomic mass is 16.3. The number of hydrogen-bond donors (Lipinski definition) is 1. The summed E-state index contributed by atoms with van der Waals surface area (Å²) >= 11 is 0. The zero-order chi connectivity index (χ0) is 23.0. The van der Waals surface area contributed by atoms with Gasteiger partial charge < -0.3 is 10.0 Å². The lowest BCUT2D eigenvalue weighted by atomic mass is 9.85. The van der Waals surface area contributed by atoms with E-state index in [1.165, 1.54) is 5.56 Å². The Labute approximate surface area is 189 Å². The first-order chi connectivity index (χ1) is 15.2. The molecule has 3 aromatic carbocycles. The monoisotopic (exact) mass is 427 g/mol. The summed E-state index contributed by atoms with van der Waals surface area (Å²) in [5.41, 5.74) is 2.68. The number of fused-ring (bicyclic) bond motifs is 1. The summed E-state index contributed by atoms with van der Waals surface area (Å²) in [6.45, 7) is 8.86. The summed E-state index contributed by atoms with van der Waals surface area (Å²) in [5, 5.41) is 13.3. The van der Waals surface area contributed by atoms with Gasteiger partial charge in [0.05, 0.1) is 11.6 Å². The Morgan fingerprint density at radius 1 is 0.938 bits per heavy atom. The molecule has 0 radical (unpaired) electrons. The van der Waals surface area contributed by atoms with Crippen LogP contribution in [0.3, 0.4) is 0 Å². The van der Waals surface area contributed by atoms with E-state index in [9.17, 15) is 14.7 Å². The summed E-state index contributed by atoms with van der Waals surface area (Å²) in [5.74, 6) is -1.31. The van der Waals surface area contributed by atoms with Crippen molar-refractivity contribution in [3.8, 4) is 0 Å². The van der Waals surface area contributed by atoms with Crippen molar-refractivity contribution in [3.05, 3.63) is 89.0 Å². The zero-order valence-electron chi connectivity index (χ0n) is 19.1. The van der Waals surface area contributed by atoms with Crippen LogP contribution < -0.4 is 0 Å². The molecule has 1 unspecified atom stereocenters. The van der Waals surface area contributed by atoms with Gasteiger partial charge in [0.25, 0.3) is 11.7 Å². The van der Waals surface area contributed by atoms with Crippen LogP contribution >= 0.6 is 0 Å². The quantitative estimate of drug-likeness (QED) is 0.317. The molecule has 32 heavy (non-hydrogen) atoms. The highest BCUT2D eigenvalue weighted by Crippen LogP contribution is 2.40. The average Bonchev–Trinajstić information content (AvgIpc) is 3.03. The first kappa shape index (κ1) is 21.8.